The highest BCUT2D eigenvalue weighted by Gasteiger charge is 2.20. The van der Waals surface area contributed by atoms with E-state index in [2.05, 4.69) is 30.3 Å². The van der Waals surface area contributed by atoms with Crippen molar-refractivity contribution in [3.63, 3.8) is 0 Å². The molecule has 3 N–H and O–H groups in total. The van der Waals surface area contributed by atoms with Crippen molar-refractivity contribution in [1.82, 2.24) is 19.7 Å². The Morgan fingerprint density at radius 3 is 2.58 bits per heavy atom. The molecule has 0 radical (unpaired) electrons. The number of amides is 2. The molecule has 0 saturated carbocycles. The van der Waals surface area contributed by atoms with Gasteiger partial charge in [-0.25, -0.2) is 9.37 Å². The monoisotopic (exact) mass is 436 g/mol. The quantitative estimate of drug-likeness (QED) is 0.438. The number of halogens is 1. The Labute approximate surface area is 180 Å². The fourth-order valence-corrected chi connectivity index (χ4v) is 3.76. The molecule has 31 heavy (non-hydrogen) atoms. The highest BCUT2D eigenvalue weighted by atomic mass is 32.1. The van der Waals surface area contributed by atoms with Gasteiger partial charge in [0.15, 0.2) is 0 Å². The summed E-state index contributed by atoms with van der Waals surface area (Å²) in [6.07, 6.45) is 1.58. The van der Waals surface area contributed by atoms with E-state index in [-0.39, 0.29) is 11.3 Å². The Balaban J connectivity index is 1.57. The number of benzene rings is 2. The molecule has 156 valence electrons. The second kappa shape index (κ2) is 8.44. The van der Waals surface area contributed by atoms with E-state index < -0.39 is 17.6 Å². The highest BCUT2D eigenvalue weighted by molar-refractivity contribution is 7.10. The number of fused-ring (bicyclic) bond motifs is 1. The van der Waals surface area contributed by atoms with Crippen molar-refractivity contribution in [2.75, 3.05) is 17.7 Å². The van der Waals surface area contributed by atoms with Crippen molar-refractivity contribution in [2.45, 2.75) is 6.92 Å². The van der Waals surface area contributed by atoms with Crippen LogP contribution in [0.1, 0.15) is 26.4 Å². The fourth-order valence-electron chi connectivity index (χ4n) is 2.96. The van der Waals surface area contributed by atoms with E-state index in [0.717, 1.165) is 23.1 Å². The minimum atomic E-state index is -0.734. The van der Waals surface area contributed by atoms with Crippen LogP contribution in [0.5, 0.6) is 0 Å². The lowest BCUT2D eigenvalue weighted by Gasteiger charge is -2.09. The van der Waals surface area contributed by atoms with Crippen molar-refractivity contribution in [2.24, 2.45) is 0 Å². The summed E-state index contributed by atoms with van der Waals surface area (Å²) in [7, 11) is 1.41. The summed E-state index contributed by atoms with van der Waals surface area (Å²) in [4.78, 5) is 33.4. The van der Waals surface area contributed by atoms with Crippen LogP contribution in [0.25, 0.3) is 11.0 Å². The van der Waals surface area contributed by atoms with Crippen LogP contribution in [-0.2, 0) is 0 Å². The smallest absolute Gasteiger partial charge is 0.260 e. The molecule has 2 heterocycles. The molecule has 0 atom stereocenters. The van der Waals surface area contributed by atoms with Crippen LogP contribution in [0.15, 0.2) is 48.7 Å². The molecule has 2 aromatic heterocycles. The van der Waals surface area contributed by atoms with E-state index in [4.69, 9.17) is 0 Å². The number of hydrogen-bond acceptors (Lipinski definition) is 7. The number of nitrogens with one attached hydrogen (secondary N) is 3. The summed E-state index contributed by atoms with van der Waals surface area (Å²) in [6, 6.07) is 11.3. The lowest BCUT2D eigenvalue weighted by molar-refractivity contribution is 0.0958. The number of aryl methyl sites for hydroxylation is 1. The lowest BCUT2D eigenvalue weighted by Crippen LogP contribution is -2.19. The number of para-hydroxylation sites is 2. The summed E-state index contributed by atoms with van der Waals surface area (Å²) in [5.41, 5.74) is 2.42. The third-order valence-corrected chi connectivity index (χ3v) is 5.33. The molecule has 2 amide bonds. The largest absolute Gasteiger partial charge is 0.355 e. The standard InChI is InChI=1S/C21H17FN6O2S/c1-11-18(20(30)25-12-7-8-13(14(22)9-12)19(29)23-2)21(31-28-11)27-17-10-24-15-5-3-4-6-16(15)26-17/h3-10H,1-2H3,(H,23,29)(H,25,30)(H,26,27). The van der Waals surface area contributed by atoms with Crippen LogP contribution in [0.2, 0.25) is 0 Å². The predicted molar refractivity (Wildman–Crippen MR) is 117 cm³/mol. The molecule has 2 aromatic carbocycles. The van der Waals surface area contributed by atoms with Gasteiger partial charge in [0.2, 0.25) is 0 Å². The zero-order chi connectivity index (χ0) is 22.0. The molecule has 0 bridgehead atoms. The minimum Gasteiger partial charge on any atom is -0.355 e. The topological polar surface area (TPSA) is 109 Å². The molecule has 0 unspecified atom stereocenters. The number of carbonyl (C=O) groups is 2. The normalized spacial score (nSPS) is 10.7. The van der Waals surface area contributed by atoms with Gasteiger partial charge in [0.05, 0.1) is 34.1 Å². The van der Waals surface area contributed by atoms with Gasteiger partial charge in [-0.05, 0) is 48.8 Å². The first-order valence-electron chi connectivity index (χ1n) is 9.24. The third-order valence-electron chi connectivity index (χ3n) is 4.48. The van der Waals surface area contributed by atoms with Crippen LogP contribution in [0, 0.1) is 12.7 Å². The first-order valence-corrected chi connectivity index (χ1v) is 10.0. The van der Waals surface area contributed by atoms with Crippen LogP contribution in [-0.4, -0.2) is 33.2 Å². The fraction of sp³-hybridized carbons (Fsp3) is 0.0952. The van der Waals surface area contributed by atoms with Crippen LogP contribution in [0.4, 0.5) is 20.9 Å². The summed E-state index contributed by atoms with van der Waals surface area (Å²) >= 11 is 1.11. The first kappa shape index (κ1) is 20.4. The van der Waals surface area contributed by atoms with Crippen LogP contribution < -0.4 is 16.0 Å². The predicted octanol–water partition coefficient (Wildman–Crippen LogP) is 3.89. The molecule has 0 saturated heterocycles. The lowest BCUT2D eigenvalue weighted by atomic mass is 10.1. The van der Waals surface area contributed by atoms with E-state index in [1.807, 2.05) is 24.3 Å². The average molecular weight is 436 g/mol. The molecule has 0 spiro atoms. The van der Waals surface area contributed by atoms with Gasteiger partial charge < -0.3 is 16.0 Å². The Morgan fingerprint density at radius 2 is 1.84 bits per heavy atom. The van der Waals surface area contributed by atoms with Crippen molar-refractivity contribution < 1.29 is 14.0 Å². The molecule has 0 fully saturated rings. The van der Waals surface area contributed by atoms with Gasteiger partial charge in [0, 0.05) is 12.7 Å². The molecule has 4 aromatic rings. The number of hydrogen-bond donors (Lipinski definition) is 3. The molecule has 0 aliphatic heterocycles. The molecule has 8 nitrogen and oxygen atoms in total. The van der Waals surface area contributed by atoms with Crippen molar-refractivity contribution in [3.8, 4) is 0 Å². The summed E-state index contributed by atoms with van der Waals surface area (Å²) in [5, 5.41) is 8.59. The van der Waals surface area contributed by atoms with Gasteiger partial charge in [0.1, 0.15) is 16.6 Å². The van der Waals surface area contributed by atoms with E-state index in [0.29, 0.717) is 27.6 Å². The minimum absolute atomic E-state index is 0.105. The molecule has 10 heteroatoms. The summed E-state index contributed by atoms with van der Waals surface area (Å²) in [6.45, 7) is 1.71. The number of nitrogens with zero attached hydrogens (tertiary/aromatic N) is 3. The van der Waals surface area contributed by atoms with E-state index in [1.165, 1.54) is 19.2 Å². The van der Waals surface area contributed by atoms with E-state index in [1.54, 1.807) is 13.1 Å². The Hall–Kier alpha value is -3.92. The Kier molecular flexibility index (Phi) is 5.54. The number of rotatable bonds is 5. The maximum Gasteiger partial charge on any atom is 0.260 e. The second-order valence-corrected chi connectivity index (χ2v) is 7.34. The molecular weight excluding hydrogens is 419 g/mol. The summed E-state index contributed by atoms with van der Waals surface area (Å²) in [5.74, 6) is -1.27. The molecule has 0 aliphatic carbocycles. The average Bonchev–Trinajstić information content (AvgIpc) is 3.13. The Bertz CT molecular complexity index is 1310. The molecule has 4 rings (SSSR count). The second-order valence-electron chi connectivity index (χ2n) is 6.57. The van der Waals surface area contributed by atoms with Gasteiger partial charge in [0.25, 0.3) is 11.8 Å². The van der Waals surface area contributed by atoms with Crippen molar-refractivity contribution in [1.29, 1.82) is 0 Å². The zero-order valence-corrected chi connectivity index (χ0v) is 17.4. The SMILES string of the molecule is CNC(=O)c1ccc(NC(=O)c2c(C)nsc2Nc2cnc3ccccc3n2)cc1F. The molecular formula is C21H17FN6O2S. The highest BCUT2D eigenvalue weighted by Crippen LogP contribution is 2.29. The van der Waals surface area contributed by atoms with Gasteiger partial charge in [-0.1, -0.05) is 12.1 Å². The van der Waals surface area contributed by atoms with Crippen LogP contribution >= 0.6 is 11.5 Å². The maximum absolute atomic E-state index is 14.2. The van der Waals surface area contributed by atoms with Gasteiger partial charge in [-0.2, -0.15) is 4.37 Å². The van der Waals surface area contributed by atoms with Gasteiger partial charge in [-0.15, -0.1) is 0 Å². The number of aromatic nitrogens is 3. The van der Waals surface area contributed by atoms with Gasteiger partial charge in [-0.3, -0.25) is 14.6 Å². The zero-order valence-electron chi connectivity index (χ0n) is 16.6. The maximum atomic E-state index is 14.2. The first-order chi connectivity index (χ1) is 15.0. The molecule has 0 aliphatic rings. The number of carbonyl (C=O) groups excluding carboxylic acids is 2. The van der Waals surface area contributed by atoms with Gasteiger partial charge >= 0.3 is 0 Å². The Morgan fingerprint density at radius 1 is 1.06 bits per heavy atom. The van der Waals surface area contributed by atoms with Crippen molar-refractivity contribution in [3.05, 3.63) is 71.3 Å². The summed E-state index contributed by atoms with van der Waals surface area (Å²) < 4.78 is 18.5. The third kappa shape index (κ3) is 4.19. The van der Waals surface area contributed by atoms with Crippen LogP contribution in [0.3, 0.4) is 0 Å². The van der Waals surface area contributed by atoms with Crippen molar-refractivity contribution >= 4 is 50.9 Å². The van der Waals surface area contributed by atoms with E-state index in [9.17, 15) is 14.0 Å². The van der Waals surface area contributed by atoms with E-state index >= 15 is 0 Å². The number of anilines is 3.